The molecule has 0 aliphatic heterocycles. The third-order valence-electron chi connectivity index (χ3n) is 1.43. The largest absolute Gasteiger partial charge is 0.340 e. The van der Waals surface area contributed by atoms with Crippen LogP contribution in [-0.4, -0.2) is 24.0 Å². The van der Waals surface area contributed by atoms with Crippen LogP contribution < -0.4 is 5.32 Å². The van der Waals surface area contributed by atoms with Crippen molar-refractivity contribution in [1.82, 2.24) is 5.32 Å². The van der Waals surface area contributed by atoms with E-state index in [0.717, 1.165) is 5.75 Å². The lowest BCUT2D eigenvalue weighted by atomic mass is 10.2. The predicted molar refractivity (Wildman–Crippen MR) is 50.8 cm³/mol. The van der Waals surface area contributed by atoms with Crippen LogP contribution in [-0.2, 0) is 4.79 Å². The molecule has 0 aromatic carbocycles. The van der Waals surface area contributed by atoms with Gasteiger partial charge in [0.2, 0.25) is 5.91 Å². The van der Waals surface area contributed by atoms with Crippen LogP contribution in [0.3, 0.4) is 0 Å². The molecule has 1 atom stereocenters. The lowest BCUT2D eigenvalue weighted by molar-refractivity contribution is -0.121. The topological polar surface area (TPSA) is 52.9 Å². The fourth-order valence-electron chi connectivity index (χ4n) is 0.687. The standard InChI is InChI=1S/C8H14N2OS/c1-3-7(6-9)10-8(11)4-5-12-2/h7H,3-5H2,1-2H3,(H,10,11). The average molecular weight is 186 g/mol. The summed E-state index contributed by atoms with van der Waals surface area (Å²) in [4.78, 5) is 11.1. The molecule has 4 heteroatoms. The molecule has 0 aliphatic rings. The minimum absolute atomic E-state index is 0.0299. The first-order valence-electron chi connectivity index (χ1n) is 3.92. The van der Waals surface area contributed by atoms with E-state index in [0.29, 0.717) is 12.8 Å². The third kappa shape index (κ3) is 5.03. The Balaban J connectivity index is 3.61. The maximum absolute atomic E-state index is 11.1. The molecule has 1 unspecified atom stereocenters. The third-order valence-corrected chi connectivity index (χ3v) is 2.04. The van der Waals surface area contributed by atoms with Gasteiger partial charge >= 0.3 is 0 Å². The smallest absolute Gasteiger partial charge is 0.221 e. The zero-order valence-corrected chi connectivity index (χ0v) is 8.28. The van der Waals surface area contributed by atoms with Gasteiger partial charge in [-0.3, -0.25) is 4.79 Å². The van der Waals surface area contributed by atoms with Crippen LogP contribution in [0.25, 0.3) is 0 Å². The summed E-state index contributed by atoms with van der Waals surface area (Å²) < 4.78 is 0. The second-order valence-electron chi connectivity index (χ2n) is 2.40. The second kappa shape index (κ2) is 6.99. The van der Waals surface area contributed by atoms with E-state index >= 15 is 0 Å². The molecule has 12 heavy (non-hydrogen) atoms. The molecular weight excluding hydrogens is 172 g/mol. The predicted octanol–water partition coefficient (Wildman–Crippen LogP) is 1.16. The number of carbonyl (C=O) groups is 1. The monoisotopic (exact) mass is 186 g/mol. The molecule has 0 rings (SSSR count). The van der Waals surface area contributed by atoms with Gasteiger partial charge in [0.15, 0.2) is 0 Å². The normalized spacial score (nSPS) is 11.8. The number of nitrogens with one attached hydrogen (secondary N) is 1. The van der Waals surface area contributed by atoms with E-state index in [9.17, 15) is 4.79 Å². The Bertz CT molecular complexity index is 176. The first-order chi connectivity index (χ1) is 5.74. The van der Waals surface area contributed by atoms with Gasteiger partial charge in [0.05, 0.1) is 6.07 Å². The summed E-state index contributed by atoms with van der Waals surface area (Å²) in [6, 6.07) is 1.70. The fraction of sp³-hybridized carbons (Fsp3) is 0.750. The maximum Gasteiger partial charge on any atom is 0.221 e. The molecule has 0 radical (unpaired) electrons. The zero-order valence-electron chi connectivity index (χ0n) is 7.46. The van der Waals surface area contributed by atoms with Gasteiger partial charge in [-0.25, -0.2) is 0 Å². The highest BCUT2D eigenvalue weighted by Crippen LogP contribution is 1.96. The van der Waals surface area contributed by atoms with E-state index in [1.165, 1.54) is 0 Å². The van der Waals surface area contributed by atoms with Crippen molar-refractivity contribution in [3.8, 4) is 6.07 Å². The first-order valence-corrected chi connectivity index (χ1v) is 5.31. The number of rotatable bonds is 5. The van der Waals surface area contributed by atoms with E-state index < -0.39 is 0 Å². The highest BCUT2D eigenvalue weighted by atomic mass is 32.2. The van der Waals surface area contributed by atoms with Gasteiger partial charge in [0.1, 0.15) is 6.04 Å². The molecule has 3 nitrogen and oxygen atoms in total. The minimum Gasteiger partial charge on any atom is -0.340 e. The number of hydrogen-bond donors (Lipinski definition) is 1. The second-order valence-corrected chi connectivity index (χ2v) is 3.39. The number of nitriles is 1. The summed E-state index contributed by atoms with van der Waals surface area (Å²) >= 11 is 1.63. The molecule has 0 heterocycles. The summed E-state index contributed by atoms with van der Waals surface area (Å²) in [6.45, 7) is 1.88. The quantitative estimate of drug-likeness (QED) is 0.701. The van der Waals surface area contributed by atoms with Crippen molar-refractivity contribution in [1.29, 1.82) is 5.26 Å². The molecule has 0 aromatic heterocycles. The van der Waals surface area contributed by atoms with E-state index in [1.54, 1.807) is 11.8 Å². The summed E-state index contributed by atoms with van der Waals surface area (Å²) in [5, 5.41) is 11.2. The highest BCUT2D eigenvalue weighted by molar-refractivity contribution is 7.98. The first kappa shape index (κ1) is 11.3. The van der Waals surface area contributed by atoms with Gasteiger partial charge in [0, 0.05) is 12.2 Å². The molecular formula is C8H14N2OS. The van der Waals surface area contributed by atoms with Crippen LogP contribution in [0.2, 0.25) is 0 Å². The van der Waals surface area contributed by atoms with Crippen molar-refractivity contribution in [3.05, 3.63) is 0 Å². The highest BCUT2D eigenvalue weighted by Gasteiger charge is 2.07. The maximum atomic E-state index is 11.1. The Kier molecular flexibility index (Phi) is 6.58. The number of hydrogen-bond acceptors (Lipinski definition) is 3. The molecule has 0 saturated heterocycles. The van der Waals surface area contributed by atoms with Crippen LogP contribution in [0.5, 0.6) is 0 Å². The van der Waals surface area contributed by atoms with Crippen molar-refractivity contribution in [2.24, 2.45) is 0 Å². The van der Waals surface area contributed by atoms with E-state index in [4.69, 9.17) is 5.26 Å². The number of nitrogens with zero attached hydrogens (tertiary/aromatic N) is 1. The van der Waals surface area contributed by atoms with Crippen LogP contribution in [0.1, 0.15) is 19.8 Å². The van der Waals surface area contributed by atoms with Gasteiger partial charge in [0.25, 0.3) is 0 Å². The Morgan fingerprint density at radius 3 is 2.83 bits per heavy atom. The molecule has 1 amide bonds. The summed E-state index contributed by atoms with van der Waals surface area (Å²) in [6.07, 6.45) is 3.12. The van der Waals surface area contributed by atoms with Gasteiger partial charge in [-0.1, -0.05) is 6.92 Å². The number of thioether (sulfide) groups is 1. The lowest BCUT2D eigenvalue weighted by Crippen LogP contribution is -2.33. The van der Waals surface area contributed by atoms with Crippen molar-refractivity contribution >= 4 is 17.7 Å². The Hall–Kier alpha value is -0.690. The molecule has 68 valence electrons. The molecule has 0 aromatic rings. The lowest BCUT2D eigenvalue weighted by Gasteiger charge is -2.07. The van der Waals surface area contributed by atoms with E-state index in [-0.39, 0.29) is 11.9 Å². The Morgan fingerprint density at radius 2 is 2.42 bits per heavy atom. The van der Waals surface area contributed by atoms with Crippen LogP contribution >= 0.6 is 11.8 Å². The van der Waals surface area contributed by atoms with Gasteiger partial charge in [-0.05, 0) is 12.7 Å². The molecule has 0 fully saturated rings. The number of amides is 1. The SMILES string of the molecule is CCC(C#N)NC(=O)CCSC. The summed E-state index contributed by atoms with van der Waals surface area (Å²) in [7, 11) is 0. The van der Waals surface area contributed by atoms with Crippen molar-refractivity contribution < 1.29 is 4.79 Å². The minimum atomic E-state index is -0.320. The molecule has 0 saturated carbocycles. The number of carbonyl (C=O) groups excluding carboxylic acids is 1. The van der Waals surface area contributed by atoms with Crippen molar-refractivity contribution in [2.45, 2.75) is 25.8 Å². The Morgan fingerprint density at radius 1 is 1.75 bits per heavy atom. The molecule has 0 aliphatic carbocycles. The molecule has 1 N–H and O–H groups in total. The molecule has 0 spiro atoms. The van der Waals surface area contributed by atoms with Crippen LogP contribution in [0.4, 0.5) is 0 Å². The van der Waals surface area contributed by atoms with Crippen molar-refractivity contribution in [3.63, 3.8) is 0 Å². The van der Waals surface area contributed by atoms with Gasteiger partial charge in [-0.15, -0.1) is 0 Å². The van der Waals surface area contributed by atoms with Gasteiger partial charge < -0.3 is 5.32 Å². The van der Waals surface area contributed by atoms with Crippen molar-refractivity contribution in [2.75, 3.05) is 12.0 Å². The van der Waals surface area contributed by atoms with E-state index in [2.05, 4.69) is 5.32 Å². The van der Waals surface area contributed by atoms with Crippen LogP contribution in [0, 0.1) is 11.3 Å². The fourth-order valence-corrected chi connectivity index (χ4v) is 1.08. The zero-order chi connectivity index (χ0) is 9.40. The van der Waals surface area contributed by atoms with Gasteiger partial charge in [-0.2, -0.15) is 17.0 Å². The van der Waals surface area contributed by atoms with E-state index in [1.807, 2.05) is 19.2 Å². The van der Waals surface area contributed by atoms with Crippen LogP contribution in [0.15, 0.2) is 0 Å². The Labute approximate surface area is 77.5 Å². The average Bonchev–Trinajstić information content (AvgIpc) is 2.10. The summed E-state index contributed by atoms with van der Waals surface area (Å²) in [5.74, 6) is 0.783. The summed E-state index contributed by atoms with van der Waals surface area (Å²) in [5.41, 5.74) is 0. The molecule has 0 bridgehead atoms.